The van der Waals surface area contributed by atoms with E-state index in [1.807, 2.05) is 6.07 Å². The molecule has 92 valence electrons. The lowest BCUT2D eigenvalue weighted by molar-refractivity contribution is -0.140. The van der Waals surface area contributed by atoms with E-state index < -0.39 is 22.8 Å². The van der Waals surface area contributed by atoms with Crippen molar-refractivity contribution in [3.8, 4) is 6.07 Å². The zero-order valence-electron chi connectivity index (χ0n) is 10.5. The van der Waals surface area contributed by atoms with E-state index in [0.717, 1.165) is 0 Å². The minimum absolute atomic E-state index is 0.314. The van der Waals surface area contributed by atoms with Gasteiger partial charge < -0.3 is 0 Å². The van der Waals surface area contributed by atoms with Gasteiger partial charge in [0.1, 0.15) is 0 Å². The number of carbonyl (C=O) groups is 3. The highest BCUT2D eigenvalue weighted by atomic mass is 16.2. The van der Waals surface area contributed by atoms with Crippen molar-refractivity contribution in [3.05, 3.63) is 35.4 Å². The van der Waals surface area contributed by atoms with Crippen molar-refractivity contribution in [3.63, 3.8) is 0 Å². The van der Waals surface area contributed by atoms with Crippen LogP contribution in [0.3, 0.4) is 0 Å². The fraction of sp³-hybridized carbons (Fsp3) is 0.286. The molecule has 0 spiro atoms. The average molecular weight is 243 g/mol. The number of hydrogen-bond donors (Lipinski definition) is 0. The van der Waals surface area contributed by atoms with Crippen LogP contribution in [-0.4, -0.2) is 17.3 Å². The smallest absolute Gasteiger partial charge is 0.169 e. The molecule has 0 amide bonds. The second kappa shape index (κ2) is 4.92. The maximum Gasteiger partial charge on any atom is 0.169 e. The lowest BCUT2D eigenvalue weighted by atomic mass is 9.71. The van der Waals surface area contributed by atoms with Crippen LogP contribution in [0.25, 0.3) is 0 Å². The van der Waals surface area contributed by atoms with Crippen LogP contribution in [0.4, 0.5) is 0 Å². The van der Waals surface area contributed by atoms with Crippen LogP contribution in [0.1, 0.15) is 31.9 Å². The average Bonchev–Trinajstić information content (AvgIpc) is 2.29. The summed E-state index contributed by atoms with van der Waals surface area (Å²) in [6, 6.07) is 7.86. The molecule has 0 bridgehead atoms. The van der Waals surface area contributed by atoms with Crippen molar-refractivity contribution in [2.75, 3.05) is 0 Å². The first kappa shape index (κ1) is 13.8. The standard InChI is InChI=1S/C14H13NO3/c1-9(16)14(10(2)17,11(3)18)13-6-4-12(8-15)5-7-13/h4-7H,1-3H3. The highest BCUT2D eigenvalue weighted by Crippen LogP contribution is 2.28. The first-order valence-corrected chi connectivity index (χ1v) is 5.41. The van der Waals surface area contributed by atoms with Gasteiger partial charge in [0.05, 0.1) is 11.6 Å². The van der Waals surface area contributed by atoms with Gasteiger partial charge in [0, 0.05) is 0 Å². The minimum atomic E-state index is -1.74. The molecule has 4 heteroatoms. The van der Waals surface area contributed by atoms with E-state index >= 15 is 0 Å². The highest BCUT2D eigenvalue weighted by Gasteiger charge is 2.46. The van der Waals surface area contributed by atoms with Crippen molar-refractivity contribution in [2.24, 2.45) is 0 Å². The van der Waals surface area contributed by atoms with Crippen LogP contribution in [0, 0.1) is 11.3 Å². The second-order valence-corrected chi connectivity index (χ2v) is 4.11. The normalized spacial score (nSPS) is 10.6. The van der Waals surface area contributed by atoms with Gasteiger partial charge in [0.25, 0.3) is 0 Å². The molecule has 0 aliphatic heterocycles. The molecule has 1 aromatic rings. The Morgan fingerprint density at radius 3 is 1.61 bits per heavy atom. The molecule has 0 unspecified atom stereocenters. The van der Waals surface area contributed by atoms with Gasteiger partial charge in [-0.1, -0.05) is 12.1 Å². The number of Topliss-reactive ketones (excluding diaryl/α,β-unsaturated/α-hetero) is 3. The van der Waals surface area contributed by atoms with Crippen LogP contribution in [-0.2, 0) is 19.8 Å². The summed E-state index contributed by atoms with van der Waals surface area (Å²) in [5.74, 6) is -1.52. The third-order valence-electron chi connectivity index (χ3n) is 3.03. The van der Waals surface area contributed by atoms with Gasteiger partial charge in [0.15, 0.2) is 22.8 Å². The molecule has 0 atom stereocenters. The summed E-state index contributed by atoms with van der Waals surface area (Å²) in [4.78, 5) is 35.4. The number of rotatable bonds is 4. The summed E-state index contributed by atoms with van der Waals surface area (Å²) in [6.45, 7) is 3.67. The summed E-state index contributed by atoms with van der Waals surface area (Å²) >= 11 is 0. The number of nitrogens with zero attached hydrogens (tertiary/aromatic N) is 1. The van der Waals surface area contributed by atoms with E-state index in [2.05, 4.69) is 0 Å². The van der Waals surface area contributed by atoms with E-state index in [1.165, 1.54) is 45.0 Å². The van der Waals surface area contributed by atoms with Gasteiger partial charge in [-0.05, 0) is 38.5 Å². The van der Waals surface area contributed by atoms with Crippen molar-refractivity contribution in [2.45, 2.75) is 26.2 Å². The predicted octanol–water partition coefficient (Wildman–Crippen LogP) is 1.56. The summed E-state index contributed by atoms with van der Waals surface area (Å²) in [7, 11) is 0. The maximum atomic E-state index is 11.8. The van der Waals surface area contributed by atoms with Gasteiger partial charge in [0.2, 0.25) is 0 Å². The number of hydrogen-bond acceptors (Lipinski definition) is 4. The van der Waals surface area contributed by atoms with E-state index in [-0.39, 0.29) is 0 Å². The summed E-state index contributed by atoms with van der Waals surface area (Å²) in [6.07, 6.45) is 0. The fourth-order valence-corrected chi connectivity index (χ4v) is 2.15. The highest BCUT2D eigenvalue weighted by molar-refractivity contribution is 6.28. The molecular formula is C14H13NO3. The largest absolute Gasteiger partial charge is 0.298 e. The van der Waals surface area contributed by atoms with Crippen molar-refractivity contribution in [1.29, 1.82) is 5.26 Å². The lowest BCUT2D eigenvalue weighted by Crippen LogP contribution is -2.47. The van der Waals surface area contributed by atoms with Crippen LogP contribution in [0.15, 0.2) is 24.3 Å². The Bertz CT molecular complexity index is 513. The molecule has 0 N–H and O–H groups in total. The molecule has 1 rings (SSSR count). The molecule has 0 aliphatic rings. The summed E-state index contributed by atoms with van der Waals surface area (Å²) in [5.41, 5.74) is -1.02. The molecule has 1 aromatic carbocycles. The van der Waals surface area contributed by atoms with Crippen molar-refractivity contribution >= 4 is 17.3 Å². The molecular weight excluding hydrogens is 230 g/mol. The third kappa shape index (κ3) is 1.95. The van der Waals surface area contributed by atoms with Gasteiger partial charge in [-0.3, -0.25) is 14.4 Å². The van der Waals surface area contributed by atoms with Crippen molar-refractivity contribution < 1.29 is 14.4 Å². The quantitative estimate of drug-likeness (QED) is 0.752. The SMILES string of the molecule is CC(=O)C(C(C)=O)(C(C)=O)c1ccc(C#N)cc1. The van der Waals surface area contributed by atoms with Crippen molar-refractivity contribution in [1.82, 2.24) is 0 Å². The predicted molar refractivity (Wildman–Crippen MR) is 64.9 cm³/mol. The number of carbonyl (C=O) groups excluding carboxylic acids is 3. The van der Waals surface area contributed by atoms with Gasteiger partial charge >= 0.3 is 0 Å². The Morgan fingerprint density at radius 2 is 1.33 bits per heavy atom. The van der Waals surface area contributed by atoms with E-state index in [1.54, 1.807) is 0 Å². The Morgan fingerprint density at radius 1 is 0.944 bits per heavy atom. The fourth-order valence-electron chi connectivity index (χ4n) is 2.15. The van der Waals surface area contributed by atoms with Gasteiger partial charge in [-0.2, -0.15) is 5.26 Å². The third-order valence-corrected chi connectivity index (χ3v) is 3.03. The molecule has 0 heterocycles. The Labute approximate surface area is 105 Å². The van der Waals surface area contributed by atoms with E-state index in [9.17, 15) is 14.4 Å². The zero-order chi connectivity index (χ0) is 13.9. The number of ketones is 3. The maximum absolute atomic E-state index is 11.8. The zero-order valence-corrected chi connectivity index (χ0v) is 10.5. The molecule has 0 aliphatic carbocycles. The van der Waals surface area contributed by atoms with Crippen LogP contribution in [0.5, 0.6) is 0 Å². The van der Waals surface area contributed by atoms with Crippen LogP contribution in [0.2, 0.25) is 0 Å². The molecule has 0 saturated carbocycles. The monoisotopic (exact) mass is 243 g/mol. The molecule has 4 nitrogen and oxygen atoms in total. The number of benzene rings is 1. The Balaban J connectivity index is 3.53. The lowest BCUT2D eigenvalue weighted by Gasteiger charge is -2.26. The van der Waals surface area contributed by atoms with E-state index in [4.69, 9.17) is 5.26 Å². The Kier molecular flexibility index (Phi) is 3.77. The second-order valence-electron chi connectivity index (χ2n) is 4.11. The molecule has 0 fully saturated rings. The first-order valence-electron chi connectivity index (χ1n) is 5.41. The Hall–Kier alpha value is -2.28. The summed E-state index contributed by atoms with van der Waals surface area (Å²) < 4.78 is 0. The van der Waals surface area contributed by atoms with Gasteiger partial charge in [-0.15, -0.1) is 0 Å². The molecule has 0 radical (unpaired) electrons. The van der Waals surface area contributed by atoms with Crippen LogP contribution < -0.4 is 0 Å². The molecule has 0 saturated heterocycles. The topological polar surface area (TPSA) is 75.0 Å². The summed E-state index contributed by atoms with van der Waals surface area (Å²) in [5, 5.41) is 8.71. The molecule has 18 heavy (non-hydrogen) atoms. The molecule has 0 aromatic heterocycles. The first-order chi connectivity index (χ1) is 8.37. The van der Waals surface area contributed by atoms with Crippen LogP contribution >= 0.6 is 0 Å². The van der Waals surface area contributed by atoms with E-state index in [0.29, 0.717) is 11.1 Å². The van der Waals surface area contributed by atoms with Gasteiger partial charge in [-0.25, -0.2) is 0 Å². The number of nitriles is 1. The minimum Gasteiger partial charge on any atom is -0.298 e.